The monoisotopic (exact) mass is 434 g/mol. The van der Waals surface area contributed by atoms with Crippen molar-refractivity contribution < 1.29 is 14.3 Å². The van der Waals surface area contributed by atoms with Crippen LogP contribution in [-0.2, 0) is 4.79 Å². The van der Waals surface area contributed by atoms with E-state index >= 15 is 0 Å². The number of imidazole rings is 1. The maximum Gasteiger partial charge on any atom is 0.236 e. The molecule has 3 aromatic rings. The van der Waals surface area contributed by atoms with E-state index in [4.69, 9.17) is 14.5 Å². The number of ether oxygens (including phenoxy) is 2. The van der Waals surface area contributed by atoms with Crippen molar-refractivity contribution in [1.29, 1.82) is 0 Å². The van der Waals surface area contributed by atoms with E-state index in [9.17, 15) is 4.79 Å². The molecule has 0 spiro atoms. The van der Waals surface area contributed by atoms with Gasteiger partial charge in [-0.05, 0) is 49.9 Å². The molecule has 32 heavy (non-hydrogen) atoms. The molecule has 9 nitrogen and oxygen atoms in total. The fraction of sp³-hybridized carbons (Fsp3) is 0.391. The maximum absolute atomic E-state index is 12.9. The fourth-order valence-corrected chi connectivity index (χ4v) is 4.30. The lowest BCUT2D eigenvalue weighted by Crippen LogP contribution is -2.43. The largest absolute Gasteiger partial charge is 0.454 e. The van der Waals surface area contributed by atoms with Gasteiger partial charge in [0.2, 0.25) is 18.6 Å². The molecule has 166 valence electrons. The standard InChI is InChI=1S/C23H26N6O3/c1-16(17-5-6-19-20(12-17)32-15-31-19)26-22(30)13-18-4-2-3-10-29(18)21-7-8-25-23(27-21)28-11-9-24-14-28/h5-9,11-12,14,16,18H,2-4,10,13,15H2,1H3,(H,26,30). The number of carbonyl (C=O) groups excluding carboxylic acids is 1. The first-order valence-corrected chi connectivity index (χ1v) is 10.9. The van der Waals surface area contributed by atoms with Gasteiger partial charge in [0.05, 0.1) is 6.04 Å². The molecule has 1 N–H and O–H groups in total. The molecule has 2 unspecified atom stereocenters. The van der Waals surface area contributed by atoms with Gasteiger partial charge in [0.25, 0.3) is 0 Å². The Morgan fingerprint density at radius 1 is 1.22 bits per heavy atom. The molecular weight excluding hydrogens is 408 g/mol. The summed E-state index contributed by atoms with van der Waals surface area (Å²) >= 11 is 0. The minimum Gasteiger partial charge on any atom is -0.454 e. The molecule has 9 heteroatoms. The van der Waals surface area contributed by atoms with Crippen LogP contribution in [0.1, 0.15) is 44.2 Å². The number of benzene rings is 1. The van der Waals surface area contributed by atoms with Crippen molar-refractivity contribution in [3.8, 4) is 17.4 Å². The van der Waals surface area contributed by atoms with Gasteiger partial charge in [-0.3, -0.25) is 9.36 Å². The number of nitrogens with one attached hydrogen (secondary N) is 1. The van der Waals surface area contributed by atoms with Crippen molar-refractivity contribution >= 4 is 11.7 Å². The number of carbonyl (C=O) groups is 1. The second-order valence-electron chi connectivity index (χ2n) is 8.13. The zero-order valence-electron chi connectivity index (χ0n) is 18.0. The highest BCUT2D eigenvalue weighted by atomic mass is 16.7. The van der Waals surface area contributed by atoms with Crippen molar-refractivity contribution in [3.05, 3.63) is 54.7 Å². The number of aromatic nitrogens is 4. The van der Waals surface area contributed by atoms with E-state index in [0.29, 0.717) is 12.4 Å². The number of fused-ring (bicyclic) bond motifs is 1. The molecule has 0 saturated carbocycles. The number of anilines is 1. The highest BCUT2D eigenvalue weighted by Crippen LogP contribution is 2.34. The van der Waals surface area contributed by atoms with Crippen molar-refractivity contribution in [2.75, 3.05) is 18.2 Å². The first-order valence-electron chi connectivity index (χ1n) is 10.9. The Morgan fingerprint density at radius 3 is 3.00 bits per heavy atom. The minimum atomic E-state index is -0.124. The fourth-order valence-electron chi connectivity index (χ4n) is 4.30. The molecule has 2 atom stereocenters. The average Bonchev–Trinajstić information content (AvgIpc) is 3.51. The number of amides is 1. The highest BCUT2D eigenvalue weighted by molar-refractivity contribution is 5.77. The van der Waals surface area contributed by atoms with Gasteiger partial charge in [-0.2, -0.15) is 4.98 Å². The van der Waals surface area contributed by atoms with Crippen LogP contribution in [0.15, 0.2) is 49.2 Å². The van der Waals surface area contributed by atoms with Gasteiger partial charge in [-0.1, -0.05) is 6.07 Å². The van der Waals surface area contributed by atoms with Crippen LogP contribution < -0.4 is 19.7 Å². The maximum atomic E-state index is 12.9. The van der Waals surface area contributed by atoms with E-state index in [0.717, 1.165) is 48.7 Å². The van der Waals surface area contributed by atoms with Gasteiger partial charge in [0, 0.05) is 37.6 Å². The Morgan fingerprint density at radius 2 is 2.12 bits per heavy atom. The van der Waals surface area contributed by atoms with Crippen LogP contribution in [0.3, 0.4) is 0 Å². The van der Waals surface area contributed by atoms with Crippen molar-refractivity contribution in [1.82, 2.24) is 24.8 Å². The molecule has 2 aromatic heterocycles. The number of rotatable bonds is 6. The zero-order valence-corrected chi connectivity index (χ0v) is 18.0. The molecule has 1 amide bonds. The lowest BCUT2D eigenvalue weighted by molar-refractivity contribution is -0.122. The first kappa shape index (κ1) is 20.3. The third-order valence-electron chi connectivity index (χ3n) is 5.98. The van der Waals surface area contributed by atoms with Gasteiger partial charge >= 0.3 is 0 Å². The van der Waals surface area contributed by atoms with Crippen LogP contribution in [-0.4, -0.2) is 44.8 Å². The van der Waals surface area contributed by atoms with Crippen molar-refractivity contribution in [2.24, 2.45) is 0 Å². The topological polar surface area (TPSA) is 94.4 Å². The van der Waals surface area contributed by atoms with Crippen molar-refractivity contribution in [3.63, 3.8) is 0 Å². The van der Waals surface area contributed by atoms with E-state index in [2.05, 4.69) is 20.2 Å². The van der Waals surface area contributed by atoms with Crippen LogP contribution >= 0.6 is 0 Å². The number of hydrogen-bond donors (Lipinski definition) is 1. The predicted molar refractivity (Wildman–Crippen MR) is 118 cm³/mol. The number of piperidine rings is 1. The molecule has 1 saturated heterocycles. The van der Waals surface area contributed by atoms with Gasteiger partial charge in [0.15, 0.2) is 11.5 Å². The molecule has 1 fully saturated rings. The molecule has 1 aromatic carbocycles. The first-order chi connectivity index (χ1) is 15.7. The summed E-state index contributed by atoms with van der Waals surface area (Å²) in [4.78, 5) is 28.3. The second kappa shape index (κ2) is 8.86. The summed E-state index contributed by atoms with van der Waals surface area (Å²) in [5, 5.41) is 3.13. The summed E-state index contributed by atoms with van der Waals surface area (Å²) in [7, 11) is 0. The Bertz CT molecular complexity index is 1090. The molecule has 5 rings (SSSR count). The van der Waals surface area contributed by atoms with Crippen molar-refractivity contribution in [2.45, 2.75) is 44.7 Å². The van der Waals surface area contributed by atoms with Gasteiger partial charge in [-0.15, -0.1) is 0 Å². The molecule has 0 aliphatic carbocycles. The smallest absolute Gasteiger partial charge is 0.236 e. The predicted octanol–water partition coefficient (Wildman–Crippen LogP) is 3.02. The minimum absolute atomic E-state index is 0.0240. The Kier molecular flexibility index (Phi) is 5.62. The molecule has 2 aliphatic rings. The molecular formula is C23H26N6O3. The van der Waals surface area contributed by atoms with Gasteiger partial charge in [-0.25, -0.2) is 9.97 Å². The highest BCUT2D eigenvalue weighted by Gasteiger charge is 2.27. The summed E-state index contributed by atoms with van der Waals surface area (Å²) in [5.41, 5.74) is 0.990. The number of hydrogen-bond acceptors (Lipinski definition) is 7. The van der Waals surface area contributed by atoms with Crippen LogP contribution in [0.25, 0.3) is 5.95 Å². The van der Waals surface area contributed by atoms with E-state index in [1.165, 1.54) is 0 Å². The molecule has 0 bridgehead atoms. The average molecular weight is 435 g/mol. The van der Waals surface area contributed by atoms with E-state index < -0.39 is 0 Å². The van der Waals surface area contributed by atoms with Gasteiger partial charge < -0.3 is 19.7 Å². The van der Waals surface area contributed by atoms with E-state index in [-0.39, 0.29) is 24.8 Å². The second-order valence-corrected chi connectivity index (χ2v) is 8.13. The van der Waals surface area contributed by atoms with E-state index in [1.54, 1.807) is 23.3 Å². The Labute approximate surface area is 186 Å². The molecule has 4 heterocycles. The summed E-state index contributed by atoms with van der Waals surface area (Å²) in [5.74, 6) is 2.90. The van der Waals surface area contributed by atoms with Crippen LogP contribution in [0.5, 0.6) is 11.5 Å². The summed E-state index contributed by atoms with van der Waals surface area (Å²) < 4.78 is 12.6. The third-order valence-corrected chi connectivity index (χ3v) is 5.98. The Balaban J connectivity index is 1.26. The zero-order chi connectivity index (χ0) is 21.9. The molecule has 0 radical (unpaired) electrons. The summed E-state index contributed by atoms with van der Waals surface area (Å²) in [6.45, 7) is 3.09. The normalized spacial score (nSPS) is 18.4. The summed E-state index contributed by atoms with van der Waals surface area (Å²) in [6.07, 6.45) is 10.5. The van der Waals surface area contributed by atoms with Gasteiger partial charge in [0.1, 0.15) is 12.1 Å². The number of nitrogens with zero attached hydrogens (tertiary/aromatic N) is 5. The lowest BCUT2D eigenvalue weighted by Gasteiger charge is -2.36. The van der Waals surface area contributed by atoms with Crippen LogP contribution in [0.4, 0.5) is 5.82 Å². The van der Waals surface area contributed by atoms with E-state index in [1.807, 2.05) is 37.4 Å². The summed E-state index contributed by atoms with van der Waals surface area (Å²) in [6, 6.07) is 7.66. The molecule has 2 aliphatic heterocycles. The SMILES string of the molecule is CC(NC(=O)CC1CCCCN1c1ccnc(-n2ccnc2)n1)c1ccc2c(c1)OCO2. The quantitative estimate of drug-likeness (QED) is 0.637. The van der Waals surface area contributed by atoms with Crippen LogP contribution in [0, 0.1) is 0 Å². The third kappa shape index (κ3) is 4.23. The Hall–Kier alpha value is -3.62. The van der Waals surface area contributed by atoms with Crippen LogP contribution in [0.2, 0.25) is 0 Å². The lowest BCUT2D eigenvalue weighted by atomic mass is 9.98.